The molecular formula is C34H44N4O6S. The molecule has 4 bridgehead atoms. The number of aromatic nitrogens is 1. The lowest BCUT2D eigenvalue weighted by Gasteiger charge is -2.37. The molecule has 0 spiro atoms. The van der Waals surface area contributed by atoms with E-state index in [1.54, 1.807) is 31.2 Å². The molecule has 0 saturated heterocycles. The Hall–Kier alpha value is -3.41. The van der Waals surface area contributed by atoms with Crippen molar-refractivity contribution in [2.75, 3.05) is 47.5 Å². The van der Waals surface area contributed by atoms with Gasteiger partial charge < -0.3 is 18.9 Å². The highest BCUT2D eigenvalue weighted by molar-refractivity contribution is 7.87. The van der Waals surface area contributed by atoms with Crippen LogP contribution in [-0.4, -0.2) is 81.5 Å². The average molecular weight is 637 g/mol. The Balaban J connectivity index is 1.65. The normalized spacial score (nSPS) is 25.2. The van der Waals surface area contributed by atoms with Gasteiger partial charge in [0.1, 0.15) is 5.75 Å². The molecule has 2 amide bonds. The summed E-state index contributed by atoms with van der Waals surface area (Å²) >= 11 is 0. The molecule has 3 aliphatic rings. The second-order valence-electron chi connectivity index (χ2n) is 13.1. The zero-order chi connectivity index (χ0) is 32.1. The summed E-state index contributed by atoms with van der Waals surface area (Å²) in [7, 11) is 0.773. The first-order valence-corrected chi connectivity index (χ1v) is 17.4. The summed E-state index contributed by atoms with van der Waals surface area (Å²) in [5.41, 5.74) is 4.65. The van der Waals surface area contributed by atoms with Gasteiger partial charge >= 0.3 is 10.2 Å². The monoisotopic (exact) mass is 636 g/mol. The second-order valence-corrected chi connectivity index (χ2v) is 14.9. The number of amides is 2. The first-order valence-electron chi connectivity index (χ1n) is 15.9. The number of hydrogen-bond acceptors (Lipinski definition) is 6. The summed E-state index contributed by atoms with van der Waals surface area (Å²) in [5.74, 6) is 0.198. The van der Waals surface area contributed by atoms with Gasteiger partial charge in [0, 0.05) is 55.8 Å². The van der Waals surface area contributed by atoms with E-state index in [2.05, 4.69) is 28.3 Å². The molecule has 45 heavy (non-hydrogen) atoms. The number of benzene rings is 2. The van der Waals surface area contributed by atoms with E-state index in [4.69, 9.17) is 9.47 Å². The van der Waals surface area contributed by atoms with E-state index >= 15 is 0 Å². The Morgan fingerprint density at radius 1 is 1.00 bits per heavy atom. The van der Waals surface area contributed by atoms with Crippen LogP contribution in [0.15, 0.2) is 36.4 Å². The third kappa shape index (κ3) is 5.53. The maximum absolute atomic E-state index is 14.5. The third-order valence-corrected chi connectivity index (χ3v) is 11.8. The summed E-state index contributed by atoms with van der Waals surface area (Å²) in [6.45, 7) is 5.34. The van der Waals surface area contributed by atoms with E-state index in [0.717, 1.165) is 63.5 Å². The Labute approximate surface area is 265 Å². The molecule has 2 aliphatic heterocycles. The van der Waals surface area contributed by atoms with Crippen LogP contribution in [0.2, 0.25) is 0 Å². The lowest BCUT2D eigenvalue weighted by atomic mass is 9.72. The van der Waals surface area contributed by atoms with Crippen molar-refractivity contribution in [1.29, 1.82) is 0 Å². The van der Waals surface area contributed by atoms with E-state index in [-0.39, 0.29) is 37.1 Å². The van der Waals surface area contributed by atoms with Crippen molar-refractivity contribution < 1.29 is 27.5 Å². The van der Waals surface area contributed by atoms with Crippen molar-refractivity contribution in [3.8, 4) is 17.0 Å². The summed E-state index contributed by atoms with van der Waals surface area (Å²) in [6, 6.07) is 11.6. The maximum Gasteiger partial charge on any atom is 0.303 e. The standard InChI is InChI=1S/C34H44N4O6S/c1-22-28-20-25(43-5)12-14-26(28)31-30(23-9-7-6-8-10-23)27-13-11-24-19-29(27)38(31)21-34(22,2)33(40)36(3)15-17-44-18-16-37(4)45(41,42)35-32(24)39/h11-14,19-20,22-23H,6-10,15-18,21H2,1-5H3,(H,35,39). The maximum atomic E-state index is 14.5. The van der Waals surface area contributed by atoms with Gasteiger partial charge in [-0.3, -0.25) is 9.59 Å². The van der Waals surface area contributed by atoms with Crippen LogP contribution < -0.4 is 9.46 Å². The minimum atomic E-state index is -4.09. The summed E-state index contributed by atoms with van der Waals surface area (Å²) in [4.78, 5) is 29.7. The minimum absolute atomic E-state index is 0.000744. The number of nitrogens with one attached hydrogen (secondary N) is 1. The number of ether oxygens (including phenoxy) is 2. The highest BCUT2D eigenvalue weighted by atomic mass is 32.2. The van der Waals surface area contributed by atoms with Crippen LogP contribution in [-0.2, 0) is 26.3 Å². The molecule has 2 unspecified atom stereocenters. The molecule has 1 aliphatic carbocycles. The summed E-state index contributed by atoms with van der Waals surface area (Å²) < 4.78 is 43.0. The highest BCUT2D eigenvalue weighted by Crippen LogP contribution is 2.52. The topological polar surface area (TPSA) is 110 Å². The van der Waals surface area contributed by atoms with Crippen LogP contribution in [0.25, 0.3) is 22.2 Å². The van der Waals surface area contributed by atoms with Gasteiger partial charge in [0.05, 0.1) is 31.4 Å². The van der Waals surface area contributed by atoms with Crippen LogP contribution in [0.4, 0.5) is 0 Å². The lowest BCUT2D eigenvalue weighted by molar-refractivity contribution is -0.142. The Morgan fingerprint density at radius 3 is 2.47 bits per heavy atom. The van der Waals surface area contributed by atoms with Crippen molar-refractivity contribution in [1.82, 2.24) is 18.5 Å². The van der Waals surface area contributed by atoms with E-state index in [1.165, 1.54) is 19.0 Å². The first-order chi connectivity index (χ1) is 21.5. The third-order valence-electron chi connectivity index (χ3n) is 10.4. The Kier molecular flexibility index (Phi) is 8.47. The van der Waals surface area contributed by atoms with Crippen LogP contribution in [0.3, 0.4) is 0 Å². The average Bonchev–Trinajstić information content (AvgIpc) is 3.30. The summed E-state index contributed by atoms with van der Waals surface area (Å²) in [6.07, 6.45) is 5.65. The molecule has 1 aromatic heterocycles. The number of fused-ring (bicyclic) bond motifs is 4. The molecule has 11 heteroatoms. The van der Waals surface area contributed by atoms with E-state index in [1.807, 2.05) is 19.1 Å². The smallest absolute Gasteiger partial charge is 0.303 e. The van der Waals surface area contributed by atoms with Gasteiger partial charge in [0.25, 0.3) is 5.91 Å². The molecule has 1 saturated carbocycles. The number of carbonyl (C=O) groups is 2. The molecular weight excluding hydrogens is 592 g/mol. The Bertz CT molecular complexity index is 1740. The van der Waals surface area contributed by atoms with Gasteiger partial charge in [-0.25, -0.2) is 4.72 Å². The van der Waals surface area contributed by atoms with E-state index < -0.39 is 21.5 Å². The molecule has 3 heterocycles. The van der Waals surface area contributed by atoms with Crippen molar-refractivity contribution in [2.45, 2.75) is 64.3 Å². The predicted molar refractivity (Wildman–Crippen MR) is 174 cm³/mol. The predicted octanol–water partition coefficient (Wildman–Crippen LogP) is 4.88. The number of likely N-dealkylation sites (N-methyl/N-ethyl adjacent to an activating group) is 2. The van der Waals surface area contributed by atoms with Crippen molar-refractivity contribution in [3.05, 3.63) is 53.1 Å². The number of rotatable bonds is 2. The molecule has 6 rings (SSSR count). The fraction of sp³-hybridized carbons (Fsp3) is 0.529. The molecule has 1 fully saturated rings. The van der Waals surface area contributed by atoms with E-state index in [0.29, 0.717) is 19.0 Å². The van der Waals surface area contributed by atoms with Crippen molar-refractivity contribution in [2.24, 2.45) is 5.41 Å². The number of carbonyl (C=O) groups excluding carboxylic acids is 2. The van der Waals surface area contributed by atoms with Gasteiger partial charge in [-0.15, -0.1) is 0 Å². The van der Waals surface area contributed by atoms with Crippen molar-refractivity contribution >= 4 is 32.9 Å². The van der Waals surface area contributed by atoms with Gasteiger partial charge in [-0.1, -0.05) is 32.3 Å². The van der Waals surface area contributed by atoms with Crippen molar-refractivity contribution in [3.63, 3.8) is 0 Å². The minimum Gasteiger partial charge on any atom is -0.497 e. The number of methoxy groups -OCH3 is 1. The van der Waals surface area contributed by atoms with Crippen LogP contribution in [0, 0.1) is 5.41 Å². The van der Waals surface area contributed by atoms with Crippen LogP contribution in [0.5, 0.6) is 5.75 Å². The molecule has 10 nitrogen and oxygen atoms in total. The quantitative estimate of drug-likeness (QED) is 0.430. The molecule has 1 N–H and O–H groups in total. The van der Waals surface area contributed by atoms with Gasteiger partial charge in [0.2, 0.25) is 5.91 Å². The zero-order valence-electron chi connectivity index (χ0n) is 26.9. The largest absolute Gasteiger partial charge is 0.497 e. The van der Waals surface area contributed by atoms with Crippen LogP contribution >= 0.6 is 0 Å². The van der Waals surface area contributed by atoms with Gasteiger partial charge in [0.15, 0.2) is 0 Å². The van der Waals surface area contributed by atoms with E-state index in [9.17, 15) is 18.0 Å². The molecule has 0 radical (unpaired) electrons. The highest BCUT2D eigenvalue weighted by Gasteiger charge is 2.46. The molecule has 2 atom stereocenters. The van der Waals surface area contributed by atoms with Crippen LogP contribution in [0.1, 0.15) is 79.3 Å². The molecule has 3 aromatic rings. The number of hydrogen-bond donors (Lipinski definition) is 1. The molecule has 242 valence electrons. The van der Waals surface area contributed by atoms with Gasteiger partial charge in [-0.05, 0) is 73.1 Å². The fourth-order valence-electron chi connectivity index (χ4n) is 7.49. The first kappa shape index (κ1) is 31.6. The zero-order valence-corrected chi connectivity index (χ0v) is 27.7. The molecule has 2 aromatic carbocycles. The summed E-state index contributed by atoms with van der Waals surface area (Å²) in [5, 5.41) is 1.04. The second kappa shape index (κ2) is 12.1. The lowest BCUT2D eigenvalue weighted by Crippen LogP contribution is -2.46. The number of nitrogens with zero attached hydrogens (tertiary/aromatic N) is 3. The fourth-order valence-corrected chi connectivity index (χ4v) is 8.31. The van der Waals surface area contributed by atoms with Gasteiger partial charge in [-0.2, -0.15) is 12.7 Å². The SMILES string of the molecule is COc1ccc2c(c1)C(C)C1(C)Cn3c-2c(C2CCCCC2)c2ccc(cc23)C(=O)NS(=O)(=O)N(C)CCOCCN(C)C1=O. The Morgan fingerprint density at radius 2 is 1.73 bits per heavy atom.